The van der Waals surface area contributed by atoms with Gasteiger partial charge in [0.2, 0.25) is 0 Å². The average molecular weight is 381 g/mol. The van der Waals surface area contributed by atoms with Crippen LogP contribution in [-0.2, 0) is 27.4 Å². The summed E-state index contributed by atoms with van der Waals surface area (Å²) in [5.74, 6) is -0.502. The Morgan fingerprint density at radius 1 is 1.11 bits per heavy atom. The third-order valence-corrected chi connectivity index (χ3v) is 4.06. The third-order valence-electron chi connectivity index (χ3n) is 4.06. The van der Waals surface area contributed by atoms with Crippen LogP contribution in [0.25, 0.3) is 10.9 Å². The molecule has 0 bridgehead atoms. The van der Waals surface area contributed by atoms with Gasteiger partial charge in [0.05, 0.1) is 24.3 Å². The van der Waals surface area contributed by atoms with Crippen LogP contribution >= 0.6 is 0 Å². The van der Waals surface area contributed by atoms with Gasteiger partial charge in [0.15, 0.2) is 6.61 Å². The molecule has 2 aromatic carbocycles. The zero-order chi connectivity index (χ0) is 19.9. The van der Waals surface area contributed by atoms with Crippen molar-refractivity contribution >= 4 is 22.8 Å². The highest BCUT2D eigenvalue weighted by Crippen LogP contribution is 2.16. The summed E-state index contributed by atoms with van der Waals surface area (Å²) in [7, 11) is 1.55. The van der Waals surface area contributed by atoms with Crippen molar-refractivity contribution in [2.75, 3.05) is 13.7 Å². The van der Waals surface area contributed by atoms with Gasteiger partial charge in [-0.3, -0.25) is 19.0 Å². The maximum absolute atomic E-state index is 12.3. The lowest BCUT2D eigenvalue weighted by Crippen LogP contribution is -2.31. The first kappa shape index (κ1) is 19.1. The molecule has 0 saturated carbocycles. The number of carbonyl (C=O) groups excluding carboxylic acids is 2. The van der Waals surface area contributed by atoms with Crippen LogP contribution in [-0.4, -0.2) is 35.1 Å². The van der Waals surface area contributed by atoms with Crippen LogP contribution < -0.4 is 15.6 Å². The largest absolute Gasteiger partial charge is 0.496 e. The monoisotopic (exact) mass is 381 g/mol. The van der Waals surface area contributed by atoms with E-state index in [0.717, 1.165) is 10.1 Å². The summed E-state index contributed by atoms with van der Waals surface area (Å²) in [6.45, 7) is -0.519. The van der Waals surface area contributed by atoms with Gasteiger partial charge in [0.1, 0.15) is 12.3 Å². The average Bonchev–Trinajstić information content (AvgIpc) is 2.73. The first-order chi connectivity index (χ1) is 13.6. The zero-order valence-electron chi connectivity index (χ0n) is 15.3. The van der Waals surface area contributed by atoms with E-state index in [1.165, 1.54) is 6.33 Å². The molecule has 1 aromatic heterocycles. The molecule has 1 heterocycles. The van der Waals surface area contributed by atoms with Gasteiger partial charge in [-0.1, -0.05) is 30.3 Å². The molecule has 0 atom stereocenters. The van der Waals surface area contributed by atoms with Gasteiger partial charge >= 0.3 is 5.97 Å². The number of fused-ring (bicyclic) bond motifs is 1. The second-order valence-electron chi connectivity index (χ2n) is 5.94. The molecule has 0 spiro atoms. The van der Waals surface area contributed by atoms with Crippen LogP contribution in [0, 0.1) is 0 Å². The molecule has 0 fully saturated rings. The topological polar surface area (TPSA) is 99.5 Å². The number of ether oxygens (including phenoxy) is 2. The van der Waals surface area contributed by atoms with Crippen molar-refractivity contribution < 1.29 is 19.1 Å². The summed E-state index contributed by atoms with van der Waals surface area (Å²) in [5, 5.41) is 3.06. The molecule has 0 aliphatic carbocycles. The maximum Gasteiger partial charge on any atom is 0.326 e. The molecule has 8 nitrogen and oxygen atoms in total. The van der Waals surface area contributed by atoms with Crippen molar-refractivity contribution in [3.63, 3.8) is 0 Å². The van der Waals surface area contributed by atoms with Crippen LogP contribution in [0.15, 0.2) is 59.7 Å². The van der Waals surface area contributed by atoms with Gasteiger partial charge in [0.25, 0.3) is 11.5 Å². The molecular weight excluding hydrogens is 362 g/mol. The first-order valence-electron chi connectivity index (χ1n) is 8.57. The van der Waals surface area contributed by atoms with Crippen molar-refractivity contribution in [3.05, 3.63) is 70.8 Å². The number of aromatic nitrogens is 2. The van der Waals surface area contributed by atoms with Crippen molar-refractivity contribution in [2.24, 2.45) is 0 Å². The number of nitrogens with zero attached hydrogens (tertiary/aromatic N) is 2. The second kappa shape index (κ2) is 8.81. The van der Waals surface area contributed by atoms with Gasteiger partial charge in [-0.25, -0.2) is 4.98 Å². The van der Waals surface area contributed by atoms with Crippen LogP contribution in [0.2, 0.25) is 0 Å². The fourth-order valence-corrected chi connectivity index (χ4v) is 2.64. The second-order valence-corrected chi connectivity index (χ2v) is 5.94. The predicted octanol–water partition coefficient (Wildman–Crippen LogP) is 1.26. The molecule has 1 N–H and O–H groups in total. The summed E-state index contributed by atoms with van der Waals surface area (Å²) in [6.07, 6.45) is 1.29. The Balaban J connectivity index is 1.52. The molecule has 28 heavy (non-hydrogen) atoms. The molecule has 0 aliphatic heterocycles. The summed E-state index contributed by atoms with van der Waals surface area (Å²) < 4.78 is 11.3. The minimum absolute atomic E-state index is 0.244. The molecule has 3 rings (SSSR count). The quantitative estimate of drug-likeness (QED) is 0.619. The molecule has 1 amide bonds. The lowest BCUT2D eigenvalue weighted by molar-refractivity contribution is -0.149. The van der Waals surface area contributed by atoms with Crippen LogP contribution in [0.5, 0.6) is 5.75 Å². The fourth-order valence-electron chi connectivity index (χ4n) is 2.64. The van der Waals surface area contributed by atoms with Gasteiger partial charge < -0.3 is 14.8 Å². The molecule has 0 saturated heterocycles. The van der Waals surface area contributed by atoms with E-state index in [4.69, 9.17) is 9.47 Å². The number of nitrogens with one attached hydrogen (secondary N) is 1. The fraction of sp³-hybridized carbons (Fsp3) is 0.200. The summed E-state index contributed by atoms with van der Waals surface area (Å²) in [6, 6.07) is 14.1. The minimum Gasteiger partial charge on any atom is -0.496 e. The van der Waals surface area contributed by atoms with Gasteiger partial charge in [0, 0.05) is 12.1 Å². The van der Waals surface area contributed by atoms with Gasteiger partial charge in [-0.2, -0.15) is 0 Å². The Morgan fingerprint density at radius 3 is 2.68 bits per heavy atom. The van der Waals surface area contributed by atoms with Crippen molar-refractivity contribution in [1.29, 1.82) is 0 Å². The molecule has 144 valence electrons. The molecule has 0 radical (unpaired) electrons. The third kappa shape index (κ3) is 4.53. The number of amides is 1. The summed E-state index contributed by atoms with van der Waals surface area (Å²) in [5.41, 5.74) is 1.01. The molecular formula is C20H19N3O5. The predicted molar refractivity (Wildman–Crippen MR) is 102 cm³/mol. The van der Waals surface area contributed by atoms with E-state index < -0.39 is 18.5 Å². The zero-order valence-corrected chi connectivity index (χ0v) is 15.3. The normalized spacial score (nSPS) is 10.5. The number of para-hydroxylation sites is 2. The Hall–Kier alpha value is -3.68. The van der Waals surface area contributed by atoms with E-state index in [2.05, 4.69) is 10.3 Å². The highest BCUT2D eigenvalue weighted by atomic mass is 16.5. The van der Waals surface area contributed by atoms with E-state index >= 15 is 0 Å². The number of benzene rings is 2. The Kier molecular flexibility index (Phi) is 6.01. The number of hydrogen-bond acceptors (Lipinski definition) is 6. The Bertz CT molecular complexity index is 1060. The SMILES string of the molecule is COc1ccccc1CNC(=O)COC(=O)Cn1cnc2ccccc2c1=O. The Morgan fingerprint density at radius 2 is 1.86 bits per heavy atom. The van der Waals surface area contributed by atoms with E-state index in [1.807, 2.05) is 18.2 Å². The number of methoxy groups -OCH3 is 1. The highest BCUT2D eigenvalue weighted by molar-refractivity contribution is 5.81. The highest BCUT2D eigenvalue weighted by Gasteiger charge is 2.11. The van der Waals surface area contributed by atoms with Gasteiger partial charge in [-0.05, 0) is 18.2 Å². The smallest absolute Gasteiger partial charge is 0.326 e. The van der Waals surface area contributed by atoms with Crippen molar-refractivity contribution in [2.45, 2.75) is 13.1 Å². The summed E-state index contributed by atoms with van der Waals surface area (Å²) >= 11 is 0. The van der Waals surface area contributed by atoms with Crippen LogP contribution in [0.4, 0.5) is 0 Å². The van der Waals surface area contributed by atoms with Crippen LogP contribution in [0.3, 0.4) is 0 Å². The lowest BCUT2D eigenvalue weighted by Gasteiger charge is -2.10. The number of hydrogen-bond donors (Lipinski definition) is 1. The van der Waals surface area contributed by atoms with Crippen LogP contribution in [0.1, 0.15) is 5.56 Å². The van der Waals surface area contributed by atoms with Crippen molar-refractivity contribution in [1.82, 2.24) is 14.9 Å². The lowest BCUT2D eigenvalue weighted by atomic mass is 10.2. The van der Waals surface area contributed by atoms with E-state index in [-0.39, 0.29) is 18.6 Å². The first-order valence-corrected chi connectivity index (χ1v) is 8.57. The molecule has 8 heteroatoms. The van der Waals surface area contributed by atoms with E-state index in [0.29, 0.717) is 16.7 Å². The molecule has 0 aliphatic rings. The van der Waals surface area contributed by atoms with E-state index in [9.17, 15) is 14.4 Å². The molecule has 3 aromatic rings. The Labute approximate surface area is 160 Å². The summed E-state index contributed by atoms with van der Waals surface area (Å²) in [4.78, 5) is 40.4. The number of carbonyl (C=O) groups is 2. The number of esters is 1. The molecule has 0 unspecified atom stereocenters. The standard InChI is InChI=1S/C20H19N3O5/c1-27-17-9-5-2-6-14(17)10-21-18(24)12-28-19(25)11-23-13-22-16-8-4-3-7-15(16)20(23)26/h2-9,13H,10-12H2,1H3,(H,21,24). The van der Waals surface area contributed by atoms with Gasteiger partial charge in [-0.15, -0.1) is 0 Å². The minimum atomic E-state index is -0.702. The van der Waals surface area contributed by atoms with E-state index in [1.54, 1.807) is 37.4 Å². The number of rotatable bonds is 7. The maximum atomic E-state index is 12.3. The van der Waals surface area contributed by atoms with Crippen molar-refractivity contribution in [3.8, 4) is 5.75 Å².